The minimum Gasteiger partial charge on any atom is -0.480 e. The van der Waals surface area contributed by atoms with E-state index in [0.717, 1.165) is 11.8 Å². The average molecular weight is 298 g/mol. The van der Waals surface area contributed by atoms with E-state index >= 15 is 0 Å². The number of carbonyl (C=O) groups excluding carboxylic acids is 2. The molecule has 0 heterocycles. The van der Waals surface area contributed by atoms with Gasteiger partial charge in [-0.25, -0.2) is 9.59 Å². The Morgan fingerprint density at radius 1 is 1.24 bits per heavy atom. The number of aliphatic carboxylic acids is 1. The maximum atomic E-state index is 11.9. The smallest absolute Gasteiger partial charge is 0.329 e. The first-order valence-corrected chi connectivity index (χ1v) is 7.30. The third kappa shape index (κ3) is 4.42. The molecular formula is C14H22N2O5. The summed E-state index contributed by atoms with van der Waals surface area (Å²) in [5.74, 6) is 0.309. The second-order valence-electron chi connectivity index (χ2n) is 6.06. The predicted octanol–water partition coefficient (Wildman–Crippen LogP) is 0.692. The zero-order valence-electron chi connectivity index (χ0n) is 12.2. The van der Waals surface area contributed by atoms with Crippen molar-refractivity contribution in [2.24, 2.45) is 17.8 Å². The summed E-state index contributed by atoms with van der Waals surface area (Å²) in [4.78, 5) is 35.1. The van der Waals surface area contributed by atoms with Crippen LogP contribution >= 0.6 is 0 Å². The van der Waals surface area contributed by atoms with Gasteiger partial charge >= 0.3 is 12.0 Å². The Morgan fingerprint density at radius 3 is 2.57 bits per heavy atom. The molecule has 2 aliphatic rings. The molecule has 0 aromatic rings. The molecule has 2 N–H and O–H groups in total. The number of urea groups is 1. The summed E-state index contributed by atoms with van der Waals surface area (Å²) < 4.78 is 4.63. The van der Waals surface area contributed by atoms with E-state index in [1.165, 1.54) is 30.6 Å². The molecule has 0 spiro atoms. The van der Waals surface area contributed by atoms with Crippen LogP contribution in [0.1, 0.15) is 25.7 Å². The second-order valence-corrected chi connectivity index (χ2v) is 6.06. The largest absolute Gasteiger partial charge is 0.480 e. The standard InChI is InChI=1S/C14H22N2O5/c1-16(6-11-5-9-2-3-10(11)4-9)14(20)15-12(17)7-21-8-13(18)19/h9-11H,2-8H2,1H3,(H,18,19)(H,15,17,20). The van der Waals surface area contributed by atoms with Crippen LogP contribution in [0.3, 0.4) is 0 Å². The Morgan fingerprint density at radius 2 is 2.00 bits per heavy atom. The number of carboxylic acids is 1. The van der Waals surface area contributed by atoms with Crippen molar-refractivity contribution in [3.63, 3.8) is 0 Å². The van der Waals surface area contributed by atoms with Crippen LogP contribution in [0, 0.1) is 17.8 Å². The maximum absolute atomic E-state index is 11.9. The quantitative estimate of drug-likeness (QED) is 0.752. The van der Waals surface area contributed by atoms with Crippen LogP contribution in [0.2, 0.25) is 0 Å². The van der Waals surface area contributed by atoms with E-state index in [1.807, 2.05) is 0 Å². The third-order valence-corrected chi connectivity index (χ3v) is 4.44. The molecule has 118 valence electrons. The molecule has 2 fully saturated rings. The molecule has 2 aliphatic carbocycles. The van der Waals surface area contributed by atoms with Gasteiger partial charge in [-0.05, 0) is 37.0 Å². The molecule has 3 amide bonds. The third-order valence-electron chi connectivity index (χ3n) is 4.44. The van der Waals surface area contributed by atoms with Crippen molar-refractivity contribution < 1.29 is 24.2 Å². The van der Waals surface area contributed by atoms with Crippen LogP contribution in [0.25, 0.3) is 0 Å². The van der Waals surface area contributed by atoms with Crippen LogP contribution in [-0.2, 0) is 14.3 Å². The maximum Gasteiger partial charge on any atom is 0.329 e. The topological polar surface area (TPSA) is 95.9 Å². The van der Waals surface area contributed by atoms with Gasteiger partial charge in [-0.3, -0.25) is 10.1 Å². The van der Waals surface area contributed by atoms with E-state index in [-0.39, 0.29) is 0 Å². The first-order chi connectivity index (χ1) is 9.95. The number of fused-ring (bicyclic) bond motifs is 2. The van der Waals surface area contributed by atoms with Gasteiger partial charge < -0.3 is 14.7 Å². The number of hydrogen-bond donors (Lipinski definition) is 2. The number of amides is 3. The van der Waals surface area contributed by atoms with Crippen molar-refractivity contribution in [2.75, 3.05) is 26.8 Å². The van der Waals surface area contributed by atoms with E-state index in [2.05, 4.69) is 10.1 Å². The summed E-state index contributed by atoms with van der Waals surface area (Å²) in [6.45, 7) is -0.321. The van der Waals surface area contributed by atoms with Crippen molar-refractivity contribution >= 4 is 17.9 Å². The molecule has 0 aromatic heterocycles. The fourth-order valence-corrected chi connectivity index (χ4v) is 3.52. The lowest BCUT2D eigenvalue weighted by atomic mass is 9.88. The summed E-state index contributed by atoms with van der Waals surface area (Å²) in [6, 6.07) is -0.457. The molecule has 21 heavy (non-hydrogen) atoms. The minimum absolute atomic E-state index is 0.431. The lowest BCUT2D eigenvalue weighted by Gasteiger charge is -2.27. The van der Waals surface area contributed by atoms with Gasteiger partial charge in [-0.1, -0.05) is 6.42 Å². The van der Waals surface area contributed by atoms with Crippen LogP contribution in [-0.4, -0.2) is 54.7 Å². The molecule has 0 aromatic carbocycles. The van der Waals surface area contributed by atoms with E-state index < -0.39 is 31.1 Å². The van der Waals surface area contributed by atoms with Crippen molar-refractivity contribution in [3.05, 3.63) is 0 Å². The van der Waals surface area contributed by atoms with Gasteiger partial charge in [0.05, 0.1) is 0 Å². The Balaban J connectivity index is 1.67. The summed E-state index contributed by atoms with van der Waals surface area (Å²) in [5, 5.41) is 10.6. The number of nitrogens with one attached hydrogen (secondary N) is 1. The first-order valence-electron chi connectivity index (χ1n) is 7.30. The molecule has 0 aliphatic heterocycles. The summed E-state index contributed by atoms with van der Waals surface area (Å²) in [7, 11) is 1.67. The number of imide groups is 1. The number of rotatable bonds is 6. The molecular weight excluding hydrogens is 276 g/mol. The minimum atomic E-state index is -1.15. The molecule has 7 nitrogen and oxygen atoms in total. The predicted molar refractivity (Wildman–Crippen MR) is 73.6 cm³/mol. The highest BCUT2D eigenvalue weighted by Gasteiger charge is 2.40. The number of nitrogens with zero attached hydrogens (tertiary/aromatic N) is 1. The highest BCUT2D eigenvalue weighted by molar-refractivity contribution is 5.94. The lowest BCUT2D eigenvalue weighted by Crippen LogP contribution is -2.44. The lowest BCUT2D eigenvalue weighted by molar-refractivity contribution is -0.143. The van der Waals surface area contributed by atoms with E-state index in [0.29, 0.717) is 12.5 Å². The van der Waals surface area contributed by atoms with Gasteiger partial charge in [0, 0.05) is 13.6 Å². The Hall–Kier alpha value is -1.63. The average Bonchev–Trinajstić information content (AvgIpc) is 3.00. The summed E-state index contributed by atoms with van der Waals surface area (Å²) >= 11 is 0. The van der Waals surface area contributed by atoms with Crippen molar-refractivity contribution in [3.8, 4) is 0 Å². The van der Waals surface area contributed by atoms with Crippen molar-refractivity contribution in [2.45, 2.75) is 25.7 Å². The van der Waals surface area contributed by atoms with E-state index in [9.17, 15) is 14.4 Å². The SMILES string of the molecule is CN(CC1CC2CCC1C2)C(=O)NC(=O)COCC(=O)O. The van der Waals surface area contributed by atoms with Crippen LogP contribution < -0.4 is 5.32 Å². The highest BCUT2D eigenvalue weighted by atomic mass is 16.5. The number of carbonyl (C=O) groups is 3. The molecule has 3 atom stereocenters. The normalized spacial score (nSPS) is 26.6. The summed E-state index contributed by atoms with van der Waals surface area (Å²) in [5.41, 5.74) is 0. The van der Waals surface area contributed by atoms with Crippen LogP contribution in [0.15, 0.2) is 0 Å². The summed E-state index contributed by atoms with van der Waals surface area (Å²) in [6.07, 6.45) is 5.03. The molecule has 3 unspecified atom stereocenters. The van der Waals surface area contributed by atoms with Crippen molar-refractivity contribution in [1.29, 1.82) is 0 Å². The number of hydrogen-bond acceptors (Lipinski definition) is 4. The van der Waals surface area contributed by atoms with Crippen LogP contribution in [0.4, 0.5) is 4.79 Å². The van der Waals surface area contributed by atoms with E-state index in [4.69, 9.17) is 5.11 Å². The molecule has 2 saturated carbocycles. The fourth-order valence-electron chi connectivity index (χ4n) is 3.52. The van der Waals surface area contributed by atoms with Gasteiger partial charge in [0.1, 0.15) is 13.2 Å². The second kappa shape index (κ2) is 6.89. The van der Waals surface area contributed by atoms with Crippen molar-refractivity contribution in [1.82, 2.24) is 10.2 Å². The van der Waals surface area contributed by atoms with Gasteiger partial charge in [0.2, 0.25) is 0 Å². The first kappa shape index (κ1) is 15.8. The molecule has 2 rings (SSSR count). The molecule has 2 bridgehead atoms. The number of carboxylic acid groups (broad SMARTS) is 1. The molecule has 7 heteroatoms. The highest BCUT2D eigenvalue weighted by Crippen LogP contribution is 2.48. The Kier molecular flexibility index (Phi) is 5.17. The van der Waals surface area contributed by atoms with Gasteiger partial charge in [0.25, 0.3) is 5.91 Å². The zero-order valence-corrected chi connectivity index (χ0v) is 12.2. The Bertz CT molecular complexity index is 426. The monoisotopic (exact) mass is 298 g/mol. The van der Waals surface area contributed by atoms with Gasteiger partial charge in [-0.15, -0.1) is 0 Å². The van der Waals surface area contributed by atoms with Gasteiger partial charge in [-0.2, -0.15) is 0 Å². The zero-order chi connectivity index (χ0) is 15.4. The molecule has 0 radical (unpaired) electrons. The Labute approximate surface area is 123 Å². The fraction of sp³-hybridized carbons (Fsp3) is 0.786. The van der Waals surface area contributed by atoms with Crippen LogP contribution in [0.5, 0.6) is 0 Å². The van der Waals surface area contributed by atoms with Gasteiger partial charge in [0.15, 0.2) is 0 Å². The number of ether oxygens (including phenoxy) is 1. The van der Waals surface area contributed by atoms with E-state index in [1.54, 1.807) is 7.05 Å². The molecule has 0 saturated heterocycles.